The van der Waals surface area contributed by atoms with Gasteiger partial charge < -0.3 is 10.4 Å². The Morgan fingerprint density at radius 1 is 1.33 bits per heavy atom. The summed E-state index contributed by atoms with van der Waals surface area (Å²) in [5.41, 5.74) is 0.685. The van der Waals surface area contributed by atoms with Gasteiger partial charge in [-0.05, 0) is 48.0 Å². The average Bonchev–Trinajstić information content (AvgIpc) is 2.37. The van der Waals surface area contributed by atoms with Gasteiger partial charge in [-0.3, -0.25) is 14.5 Å². The molecule has 1 amide bonds. The fraction of sp³-hybridized carbons (Fsp3) is 0.429. The van der Waals surface area contributed by atoms with Crippen molar-refractivity contribution < 1.29 is 14.7 Å². The Bertz CT molecular complexity index is 521. The lowest BCUT2D eigenvalue weighted by Crippen LogP contribution is -2.39. The molecule has 0 aromatic heterocycles. The van der Waals surface area contributed by atoms with Crippen molar-refractivity contribution in [2.75, 3.05) is 18.4 Å². The van der Waals surface area contributed by atoms with E-state index in [0.717, 1.165) is 8.95 Å². The Morgan fingerprint density at radius 3 is 2.52 bits per heavy atom. The summed E-state index contributed by atoms with van der Waals surface area (Å²) in [6, 6.07) is 5.58. The molecular formula is C14H18Br2N2O3. The summed E-state index contributed by atoms with van der Waals surface area (Å²) in [5.74, 6) is -1.03. The molecule has 0 unspecified atom stereocenters. The van der Waals surface area contributed by atoms with Gasteiger partial charge in [-0.25, -0.2) is 0 Å². The van der Waals surface area contributed by atoms with Gasteiger partial charge in [0.15, 0.2) is 0 Å². The van der Waals surface area contributed by atoms with Crippen LogP contribution < -0.4 is 5.32 Å². The number of carboxylic acids is 1. The largest absolute Gasteiger partial charge is 0.481 e. The minimum atomic E-state index is -0.864. The lowest BCUT2D eigenvalue weighted by molar-refractivity contribution is -0.137. The van der Waals surface area contributed by atoms with Crippen molar-refractivity contribution in [1.82, 2.24) is 4.90 Å². The predicted octanol–water partition coefficient (Wildman–Crippen LogP) is 3.34. The number of carboxylic acid groups (broad SMARTS) is 1. The van der Waals surface area contributed by atoms with Crippen LogP contribution in [-0.2, 0) is 9.59 Å². The maximum absolute atomic E-state index is 12.1. The summed E-state index contributed by atoms with van der Waals surface area (Å²) in [4.78, 5) is 24.5. The van der Waals surface area contributed by atoms with Crippen LogP contribution in [-0.4, -0.2) is 41.0 Å². The first-order valence-electron chi connectivity index (χ1n) is 6.50. The fourth-order valence-electron chi connectivity index (χ4n) is 1.72. The van der Waals surface area contributed by atoms with Gasteiger partial charge >= 0.3 is 5.97 Å². The van der Waals surface area contributed by atoms with Crippen LogP contribution >= 0.6 is 31.9 Å². The molecule has 0 heterocycles. The number of hydrogen-bond acceptors (Lipinski definition) is 3. The normalized spacial score (nSPS) is 11.0. The van der Waals surface area contributed by atoms with Crippen LogP contribution in [0.5, 0.6) is 0 Å². The Labute approximate surface area is 141 Å². The lowest BCUT2D eigenvalue weighted by Gasteiger charge is -2.25. The Hall–Kier alpha value is -0.920. The first-order valence-corrected chi connectivity index (χ1v) is 8.09. The molecule has 0 aliphatic carbocycles. The van der Waals surface area contributed by atoms with Crippen molar-refractivity contribution in [2.24, 2.45) is 0 Å². The molecule has 1 aromatic rings. The van der Waals surface area contributed by atoms with Crippen LogP contribution in [0.15, 0.2) is 27.1 Å². The molecule has 0 aliphatic rings. The highest BCUT2D eigenvalue weighted by molar-refractivity contribution is 9.11. The lowest BCUT2D eigenvalue weighted by atomic mass is 10.2. The van der Waals surface area contributed by atoms with Crippen LogP contribution in [0.1, 0.15) is 20.3 Å². The van der Waals surface area contributed by atoms with Gasteiger partial charge in [0.25, 0.3) is 0 Å². The Morgan fingerprint density at radius 2 is 2.00 bits per heavy atom. The number of benzene rings is 1. The van der Waals surface area contributed by atoms with E-state index in [0.29, 0.717) is 12.2 Å². The smallest absolute Gasteiger partial charge is 0.304 e. The molecule has 116 valence electrons. The van der Waals surface area contributed by atoms with Crippen molar-refractivity contribution in [3.8, 4) is 0 Å². The second-order valence-corrected chi connectivity index (χ2v) is 6.65. The van der Waals surface area contributed by atoms with Gasteiger partial charge in [0.05, 0.1) is 18.7 Å². The molecule has 0 saturated heterocycles. The number of amides is 1. The zero-order valence-corrected chi connectivity index (χ0v) is 15.1. The monoisotopic (exact) mass is 420 g/mol. The zero-order chi connectivity index (χ0) is 16.0. The van der Waals surface area contributed by atoms with Crippen LogP contribution in [0, 0.1) is 0 Å². The highest BCUT2D eigenvalue weighted by atomic mass is 79.9. The summed E-state index contributed by atoms with van der Waals surface area (Å²) in [5, 5.41) is 11.6. The van der Waals surface area contributed by atoms with E-state index >= 15 is 0 Å². The molecule has 0 saturated carbocycles. The highest BCUT2D eigenvalue weighted by Gasteiger charge is 2.16. The van der Waals surface area contributed by atoms with Gasteiger partial charge in [0, 0.05) is 21.5 Å². The first kappa shape index (κ1) is 18.1. The van der Waals surface area contributed by atoms with Crippen LogP contribution in [0.2, 0.25) is 0 Å². The van der Waals surface area contributed by atoms with E-state index in [9.17, 15) is 9.59 Å². The number of carbonyl (C=O) groups is 2. The summed E-state index contributed by atoms with van der Waals surface area (Å²) in [7, 11) is 0. The quantitative estimate of drug-likeness (QED) is 0.708. The topological polar surface area (TPSA) is 69.6 Å². The number of hydrogen-bond donors (Lipinski definition) is 2. The van der Waals surface area contributed by atoms with Crippen molar-refractivity contribution in [2.45, 2.75) is 26.3 Å². The third-order valence-electron chi connectivity index (χ3n) is 2.90. The average molecular weight is 422 g/mol. The molecule has 0 fully saturated rings. The summed E-state index contributed by atoms with van der Waals surface area (Å²) < 4.78 is 1.70. The minimum Gasteiger partial charge on any atom is -0.481 e. The fourth-order valence-corrected chi connectivity index (χ4v) is 2.87. The standard InChI is InChI=1S/C14H18Br2N2O3/c1-9(2)18(6-5-14(20)21)8-13(19)17-12-4-3-10(15)7-11(12)16/h3-4,7,9H,5-6,8H2,1-2H3,(H,17,19)(H,20,21). The minimum absolute atomic E-state index is 0.0213. The van der Waals surface area contributed by atoms with Gasteiger partial charge in [-0.2, -0.15) is 0 Å². The molecule has 2 N–H and O–H groups in total. The zero-order valence-electron chi connectivity index (χ0n) is 11.9. The van der Waals surface area contributed by atoms with Gasteiger partial charge in [-0.15, -0.1) is 0 Å². The molecule has 1 rings (SSSR count). The van der Waals surface area contributed by atoms with Crippen LogP contribution in [0.25, 0.3) is 0 Å². The maximum Gasteiger partial charge on any atom is 0.304 e. The number of nitrogens with zero attached hydrogens (tertiary/aromatic N) is 1. The van der Waals surface area contributed by atoms with E-state index in [-0.39, 0.29) is 24.9 Å². The molecular weight excluding hydrogens is 404 g/mol. The third kappa shape index (κ3) is 6.58. The SMILES string of the molecule is CC(C)N(CCC(=O)O)CC(=O)Nc1ccc(Br)cc1Br. The molecule has 0 spiro atoms. The van der Waals surface area contributed by atoms with Gasteiger partial charge in [0.2, 0.25) is 5.91 Å². The summed E-state index contributed by atoms with van der Waals surface area (Å²) in [6.45, 7) is 4.38. The second kappa shape index (κ2) is 8.51. The van der Waals surface area contributed by atoms with Crippen molar-refractivity contribution in [3.05, 3.63) is 27.1 Å². The van der Waals surface area contributed by atoms with E-state index in [1.807, 2.05) is 30.9 Å². The highest BCUT2D eigenvalue weighted by Crippen LogP contribution is 2.26. The Kier molecular flexibility index (Phi) is 7.34. The number of rotatable bonds is 7. The van der Waals surface area contributed by atoms with E-state index in [1.54, 1.807) is 6.07 Å². The van der Waals surface area contributed by atoms with Crippen molar-refractivity contribution in [1.29, 1.82) is 0 Å². The second-order valence-electron chi connectivity index (χ2n) is 4.88. The molecule has 7 heteroatoms. The number of halogens is 2. The van der Waals surface area contributed by atoms with Crippen LogP contribution in [0.3, 0.4) is 0 Å². The maximum atomic E-state index is 12.1. The van der Waals surface area contributed by atoms with E-state index < -0.39 is 5.97 Å². The van der Waals surface area contributed by atoms with Crippen LogP contribution in [0.4, 0.5) is 5.69 Å². The van der Waals surface area contributed by atoms with E-state index in [4.69, 9.17) is 5.11 Å². The van der Waals surface area contributed by atoms with Gasteiger partial charge in [0.1, 0.15) is 0 Å². The number of anilines is 1. The molecule has 0 bridgehead atoms. The predicted molar refractivity (Wildman–Crippen MR) is 89.4 cm³/mol. The molecule has 0 radical (unpaired) electrons. The molecule has 5 nitrogen and oxygen atoms in total. The van der Waals surface area contributed by atoms with E-state index in [1.165, 1.54) is 0 Å². The molecule has 21 heavy (non-hydrogen) atoms. The van der Waals surface area contributed by atoms with Crippen molar-refractivity contribution in [3.63, 3.8) is 0 Å². The van der Waals surface area contributed by atoms with Crippen molar-refractivity contribution >= 4 is 49.4 Å². The summed E-state index contributed by atoms with van der Waals surface area (Å²) in [6.07, 6.45) is 0.0213. The first-order chi connectivity index (χ1) is 9.79. The Balaban J connectivity index is 2.63. The number of aliphatic carboxylic acids is 1. The molecule has 1 aromatic carbocycles. The molecule has 0 atom stereocenters. The molecule has 0 aliphatic heterocycles. The van der Waals surface area contributed by atoms with Gasteiger partial charge in [-0.1, -0.05) is 15.9 Å². The third-order valence-corrected chi connectivity index (χ3v) is 4.04. The van der Waals surface area contributed by atoms with E-state index in [2.05, 4.69) is 37.2 Å². The summed E-state index contributed by atoms with van der Waals surface area (Å²) >= 11 is 6.73. The number of nitrogens with one attached hydrogen (secondary N) is 1. The number of carbonyl (C=O) groups excluding carboxylic acids is 1.